The van der Waals surface area contributed by atoms with Gasteiger partial charge in [0.2, 0.25) is 0 Å². The highest BCUT2D eigenvalue weighted by molar-refractivity contribution is 5.28. The largest absolute Gasteiger partial charge is 0.491 e. The Morgan fingerprint density at radius 3 is 2.62 bits per heavy atom. The number of benzene rings is 1. The van der Waals surface area contributed by atoms with Gasteiger partial charge in [0.25, 0.3) is 0 Å². The molecule has 1 aromatic rings. The second-order valence-corrected chi connectivity index (χ2v) is 4.54. The van der Waals surface area contributed by atoms with Crippen molar-refractivity contribution in [2.24, 2.45) is 0 Å². The van der Waals surface area contributed by atoms with E-state index in [0.29, 0.717) is 12.0 Å². The Hall–Kier alpha value is -1.44. The SMILES string of the molecule is CC(C)c1ccc(OCC2CC=CN2)cc1. The summed E-state index contributed by atoms with van der Waals surface area (Å²) in [6.07, 6.45) is 5.19. The summed E-state index contributed by atoms with van der Waals surface area (Å²) in [5.41, 5.74) is 1.35. The Balaban J connectivity index is 1.85. The number of hydrogen-bond acceptors (Lipinski definition) is 2. The van der Waals surface area contributed by atoms with Crippen LogP contribution in [0, 0.1) is 0 Å². The van der Waals surface area contributed by atoms with E-state index in [1.165, 1.54) is 5.56 Å². The average molecular weight is 217 g/mol. The topological polar surface area (TPSA) is 21.3 Å². The Morgan fingerprint density at radius 1 is 1.31 bits per heavy atom. The summed E-state index contributed by atoms with van der Waals surface area (Å²) >= 11 is 0. The predicted molar refractivity (Wildman–Crippen MR) is 66.7 cm³/mol. The van der Waals surface area contributed by atoms with Gasteiger partial charge in [-0.1, -0.05) is 32.1 Å². The normalized spacial score (nSPS) is 18.8. The molecule has 1 aliphatic rings. The molecule has 0 aliphatic carbocycles. The maximum Gasteiger partial charge on any atom is 0.119 e. The van der Waals surface area contributed by atoms with Gasteiger partial charge < -0.3 is 10.1 Å². The van der Waals surface area contributed by atoms with E-state index in [-0.39, 0.29) is 0 Å². The second-order valence-electron chi connectivity index (χ2n) is 4.54. The van der Waals surface area contributed by atoms with Crippen molar-refractivity contribution in [3.05, 3.63) is 42.1 Å². The van der Waals surface area contributed by atoms with E-state index in [1.54, 1.807) is 0 Å². The molecular formula is C14H19NO. The zero-order valence-corrected chi connectivity index (χ0v) is 9.94. The van der Waals surface area contributed by atoms with Crippen molar-refractivity contribution in [3.8, 4) is 5.75 Å². The Kier molecular flexibility index (Phi) is 3.50. The molecule has 0 fully saturated rings. The fourth-order valence-electron chi connectivity index (χ4n) is 1.77. The molecule has 0 bridgehead atoms. The van der Waals surface area contributed by atoms with Crippen molar-refractivity contribution in [2.75, 3.05) is 6.61 Å². The lowest BCUT2D eigenvalue weighted by atomic mass is 10.0. The zero-order valence-electron chi connectivity index (χ0n) is 9.94. The van der Waals surface area contributed by atoms with Crippen molar-refractivity contribution < 1.29 is 4.74 Å². The van der Waals surface area contributed by atoms with Gasteiger partial charge in [0.1, 0.15) is 12.4 Å². The standard InChI is InChI=1S/C14H19NO/c1-11(2)12-5-7-14(8-6-12)16-10-13-4-3-9-15-13/h3,5-9,11,13,15H,4,10H2,1-2H3. The molecular weight excluding hydrogens is 198 g/mol. The number of rotatable bonds is 4. The van der Waals surface area contributed by atoms with Gasteiger partial charge in [-0.2, -0.15) is 0 Å². The van der Waals surface area contributed by atoms with Crippen LogP contribution < -0.4 is 10.1 Å². The Labute approximate surface area is 97.3 Å². The van der Waals surface area contributed by atoms with Crippen molar-refractivity contribution in [1.82, 2.24) is 5.32 Å². The molecule has 2 heteroatoms. The summed E-state index contributed by atoms with van der Waals surface area (Å²) < 4.78 is 5.72. The van der Waals surface area contributed by atoms with Gasteiger partial charge in [-0.25, -0.2) is 0 Å². The average Bonchev–Trinajstić information content (AvgIpc) is 2.80. The van der Waals surface area contributed by atoms with E-state index >= 15 is 0 Å². The lowest BCUT2D eigenvalue weighted by Gasteiger charge is -2.13. The van der Waals surface area contributed by atoms with Gasteiger partial charge >= 0.3 is 0 Å². The third-order valence-corrected chi connectivity index (χ3v) is 2.87. The van der Waals surface area contributed by atoms with Crippen LogP contribution in [-0.4, -0.2) is 12.6 Å². The summed E-state index contributed by atoms with van der Waals surface area (Å²) in [6.45, 7) is 5.13. The fourth-order valence-corrected chi connectivity index (χ4v) is 1.77. The smallest absolute Gasteiger partial charge is 0.119 e. The van der Waals surface area contributed by atoms with Crippen molar-refractivity contribution in [3.63, 3.8) is 0 Å². The third-order valence-electron chi connectivity index (χ3n) is 2.87. The van der Waals surface area contributed by atoms with E-state index in [1.807, 2.05) is 6.20 Å². The van der Waals surface area contributed by atoms with Gasteiger partial charge in [-0.15, -0.1) is 0 Å². The molecule has 2 nitrogen and oxygen atoms in total. The molecule has 1 aliphatic heterocycles. The maximum absolute atomic E-state index is 5.72. The first-order chi connectivity index (χ1) is 7.75. The maximum atomic E-state index is 5.72. The van der Waals surface area contributed by atoms with Gasteiger partial charge in [0, 0.05) is 0 Å². The first-order valence-electron chi connectivity index (χ1n) is 5.89. The summed E-state index contributed by atoms with van der Waals surface area (Å²) in [4.78, 5) is 0. The molecule has 2 rings (SSSR count). The van der Waals surface area contributed by atoms with E-state index in [0.717, 1.165) is 18.8 Å². The molecule has 0 saturated heterocycles. The van der Waals surface area contributed by atoms with Gasteiger partial charge in [-0.05, 0) is 36.2 Å². The Bertz CT molecular complexity index is 346. The highest BCUT2D eigenvalue weighted by Crippen LogP contribution is 2.18. The lowest BCUT2D eigenvalue weighted by Crippen LogP contribution is -2.26. The number of ether oxygens (including phenoxy) is 1. The van der Waals surface area contributed by atoms with Crippen molar-refractivity contribution >= 4 is 0 Å². The predicted octanol–water partition coefficient (Wildman–Crippen LogP) is 3.06. The van der Waals surface area contributed by atoms with Crippen LogP contribution >= 0.6 is 0 Å². The van der Waals surface area contributed by atoms with E-state index in [4.69, 9.17) is 4.74 Å². The van der Waals surface area contributed by atoms with Crippen LogP contribution in [0.2, 0.25) is 0 Å². The van der Waals surface area contributed by atoms with Crippen LogP contribution in [0.5, 0.6) is 5.75 Å². The van der Waals surface area contributed by atoms with Crippen LogP contribution in [0.15, 0.2) is 36.5 Å². The summed E-state index contributed by atoms with van der Waals surface area (Å²) in [6, 6.07) is 8.82. The minimum Gasteiger partial charge on any atom is -0.491 e. The van der Waals surface area contributed by atoms with Crippen LogP contribution in [0.1, 0.15) is 31.7 Å². The molecule has 16 heavy (non-hydrogen) atoms. The molecule has 86 valence electrons. The lowest BCUT2D eigenvalue weighted by molar-refractivity contribution is 0.280. The van der Waals surface area contributed by atoms with Crippen LogP contribution in [0.25, 0.3) is 0 Å². The minimum absolute atomic E-state index is 0.435. The van der Waals surface area contributed by atoms with E-state index in [9.17, 15) is 0 Å². The summed E-state index contributed by atoms with van der Waals surface area (Å²) in [5, 5.41) is 3.25. The molecule has 1 unspecified atom stereocenters. The van der Waals surface area contributed by atoms with Gasteiger partial charge in [0.05, 0.1) is 6.04 Å². The third kappa shape index (κ3) is 2.78. The van der Waals surface area contributed by atoms with Crippen molar-refractivity contribution in [1.29, 1.82) is 0 Å². The second kappa shape index (κ2) is 5.06. The molecule has 1 atom stereocenters. The van der Waals surface area contributed by atoms with Gasteiger partial charge in [-0.3, -0.25) is 0 Å². The zero-order chi connectivity index (χ0) is 11.4. The van der Waals surface area contributed by atoms with Gasteiger partial charge in [0.15, 0.2) is 0 Å². The summed E-state index contributed by atoms with van der Waals surface area (Å²) in [7, 11) is 0. The molecule has 0 amide bonds. The molecule has 1 N–H and O–H groups in total. The molecule has 0 saturated carbocycles. The fraction of sp³-hybridized carbons (Fsp3) is 0.429. The number of nitrogens with one attached hydrogen (secondary N) is 1. The van der Waals surface area contributed by atoms with Crippen LogP contribution in [0.3, 0.4) is 0 Å². The first-order valence-corrected chi connectivity index (χ1v) is 5.89. The van der Waals surface area contributed by atoms with E-state index < -0.39 is 0 Å². The quantitative estimate of drug-likeness (QED) is 0.837. The van der Waals surface area contributed by atoms with Crippen LogP contribution in [-0.2, 0) is 0 Å². The van der Waals surface area contributed by atoms with Crippen molar-refractivity contribution in [2.45, 2.75) is 32.2 Å². The molecule has 1 heterocycles. The number of hydrogen-bond donors (Lipinski definition) is 1. The highest BCUT2D eigenvalue weighted by atomic mass is 16.5. The Morgan fingerprint density at radius 2 is 2.06 bits per heavy atom. The highest BCUT2D eigenvalue weighted by Gasteiger charge is 2.09. The monoisotopic (exact) mass is 217 g/mol. The first kappa shape index (κ1) is 11.1. The molecule has 1 aromatic carbocycles. The minimum atomic E-state index is 0.435. The molecule has 0 spiro atoms. The molecule has 0 aromatic heterocycles. The molecule has 0 radical (unpaired) electrons. The summed E-state index contributed by atoms with van der Waals surface area (Å²) in [5.74, 6) is 1.54. The van der Waals surface area contributed by atoms with E-state index in [2.05, 4.69) is 49.5 Å². The van der Waals surface area contributed by atoms with Crippen LogP contribution in [0.4, 0.5) is 0 Å².